The third-order valence-corrected chi connectivity index (χ3v) is 4.17. The van der Waals surface area contributed by atoms with Crippen molar-refractivity contribution in [3.8, 4) is 0 Å². The zero-order valence-corrected chi connectivity index (χ0v) is 13.9. The SMILES string of the molecule is O=C(NCCC(c1ccccc1)c1ccccc1)c1ccc[n+](O)c1. The lowest BCUT2D eigenvalue weighted by molar-refractivity contribution is -0.904. The van der Waals surface area contributed by atoms with Gasteiger partial charge in [-0.3, -0.25) is 10.0 Å². The van der Waals surface area contributed by atoms with Crippen LogP contribution in [0.5, 0.6) is 0 Å². The summed E-state index contributed by atoms with van der Waals surface area (Å²) in [6.45, 7) is 0.549. The van der Waals surface area contributed by atoms with Crippen LogP contribution < -0.4 is 10.0 Å². The summed E-state index contributed by atoms with van der Waals surface area (Å²) in [7, 11) is 0. The second kappa shape index (κ2) is 8.11. The maximum Gasteiger partial charge on any atom is 0.257 e. The molecular weight excluding hydrogens is 312 g/mol. The van der Waals surface area contributed by atoms with Crippen LogP contribution in [0.3, 0.4) is 0 Å². The Balaban J connectivity index is 1.68. The number of carbonyl (C=O) groups excluding carboxylic acids is 1. The fraction of sp³-hybridized carbons (Fsp3) is 0.143. The number of rotatable bonds is 6. The van der Waals surface area contributed by atoms with Crippen molar-refractivity contribution in [3.63, 3.8) is 0 Å². The van der Waals surface area contributed by atoms with Crippen LogP contribution in [0.15, 0.2) is 85.2 Å². The molecule has 0 aliphatic rings. The van der Waals surface area contributed by atoms with Crippen molar-refractivity contribution in [2.75, 3.05) is 6.54 Å². The van der Waals surface area contributed by atoms with E-state index in [9.17, 15) is 10.0 Å². The van der Waals surface area contributed by atoms with Gasteiger partial charge in [-0.25, -0.2) is 0 Å². The molecule has 3 rings (SSSR count). The molecule has 0 bridgehead atoms. The number of nitrogens with zero attached hydrogens (tertiary/aromatic N) is 1. The predicted octanol–water partition coefficient (Wildman–Crippen LogP) is 3.16. The van der Waals surface area contributed by atoms with E-state index in [1.807, 2.05) is 36.4 Å². The van der Waals surface area contributed by atoms with Gasteiger partial charge in [0.25, 0.3) is 5.91 Å². The molecule has 0 unspecified atom stereocenters. The Hall–Kier alpha value is -3.14. The van der Waals surface area contributed by atoms with Crippen LogP contribution in [0.1, 0.15) is 33.8 Å². The molecule has 0 spiro atoms. The highest BCUT2D eigenvalue weighted by Crippen LogP contribution is 2.27. The van der Waals surface area contributed by atoms with Gasteiger partial charge < -0.3 is 5.32 Å². The van der Waals surface area contributed by atoms with Gasteiger partial charge in [0.2, 0.25) is 12.4 Å². The molecule has 0 saturated carbocycles. The van der Waals surface area contributed by atoms with E-state index >= 15 is 0 Å². The van der Waals surface area contributed by atoms with Crippen LogP contribution in [0.4, 0.5) is 0 Å². The fourth-order valence-corrected chi connectivity index (χ4v) is 2.93. The fourth-order valence-electron chi connectivity index (χ4n) is 2.93. The lowest BCUT2D eigenvalue weighted by atomic mass is 9.88. The first kappa shape index (κ1) is 16.7. The van der Waals surface area contributed by atoms with Gasteiger partial charge >= 0.3 is 0 Å². The normalized spacial score (nSPS) is 10.6. The van der Waals surface area contributed by atoms with Crippen LogP contribution in [0, 0.1) is 0 Å². The third-order valence-electron chi connectivity index (χ3n) is 4.17. The van der Waals surface area contributed by atoms with Gasteiger partial charge in [-0.15, -0.1) is 0 Å². The molecule has 4 nitrogen and oxygen atoms in total. The summed E-state index contributed by atoms with van der Waals surface area (Å²) in [6, 6.07) is 23.9. The van der Waals surface area contributed by atoms with E-state index < -0.39 is 0 Å². The molecule has 2 aromatic carbocycles. The van der Waals surface area contributed by atoms with Crippen LogP contribution in [-0.2, 0) is 0 Å². The van der Waals surface area contributed by atoms with E-state index in [1.165, 1.54) is 23.5 Å². The number of pyridine rings is 1. The Bertz CT molecular complexity index is 780. The van der Waals surface area contributed by atoms with Crippen LogP contribution in [0.25, 0.3) is 0 Å². The van der Waals surface area contributed by atoms with Crippen molar-refractivity contribution >= 4 is 5.91 Å². The molecule has 0 aliphatic carbocycles. The van der Waals surface area contributed by atoms with Gasteiger partial charge in [-0.1, -0.05) is 60.7 Å². The average molecular weight is 333 g/mol. The number of nitrogens with one attached hydrogen (secondary N) is 1. The molecule has 1 heterocycles. The monoisotopic (exact) mass is 333 g/mol. The van der Waals surface area contributed by atoms with Crippen LogP contribution in [0.2, 0.25) is 0 Å². The highest BCUT2D eigenvalue weighted by Gasteiger charge is 2.15. The van der Waals surface area contributed by atoms with Crippen LogP contribution >= 0.6 is 0 Å². The number of aromatic nitrogens is 1. The highest BCUT2D eigenvalue weighted by molar-refractivity contribution is 5.93. The van der Waals surface area contributed by atoms with E-state index in [-0.39, 0.29) is 11.8 Å². The van der Waals surface area contributed by atoms with Crippen molar-refractivity contribution in [2.45, 2.75) is 12.3 Å². The summed E-state index contributed by atoms with van der Waals surface area (Å²) < 4.78 is 0.881. The first-order valence-electron chi connectivity index (χ1n) is 8.33. The minimum Gasteiger partial charge on any atom is -0.352 e. The largest absolute Gasteiger partial charge is 0.352 e. The second-order valence-corrected chi connectivity index (χ2v) is 5.89. The van der Waals surface area contributed by atoms with Crippen LogP contribution in [-0.4, -0.2) is 17.7 Å². The topological polar surface area (TPSA) is 53.2 Å². The average Bonchev–Trinajstić information content (AvgIpc) is 2.66. The Kier molecular flexibility index (Phi) is 5.42. The first-order valence-corrected chi connectivity index (χ1v) is 8.33. The van der Waals surface area contributed by atoms with E-state index in [1.54, 1.807) is 12.1 Å². The minimum atomic E-state index is -0.191. The quantitative estimate of drug-likeness (QED) is 0.538. The zero-order chi connectivity index (χ0) is 17.5. The van der Waals surface area contributed by atoms with Crippen molar-refractivity contribution < 1.29 is 14.7 Å². The number of benzene rings is 2. The number of hydrogen-bond acceptors (Lipinski definition) is 2. The maximum atomic E-state index is 12.2. The van der Waals surface area contributed by atoms with Gasteiger partial charge in [0.05, 0.1) is 0 Å². The van der Waals surface area contributed by atoms with Gasteiger partial charge in [-0.2, -0.15) is 0 Å². The smallest absolute Gasteiger partial charge is 0.257 e. The van der Waals surface area contributed by atoms with E-state index in [0.29, 0.717) is 12.1 Å². The lowest BCUT2D eigenvalue weighted by Gasteiger charge is -2.18. The first-order chi connectivity index (χ1) is 12.2. The number of carbonyl (C=O) groups is 1. The molecule has 0 aliphatic heterocycles. The summed E-state index contributed by atoms with van der Waals surface area (Å²) in [6.07, 6.45) is 3.66. The highest BCUT2D eigenvalue weighted by atomic mass is 16.5. The Morgan fingerprint density at radius 1 is 0.920 bits per heavy atom. The maximum absolute atomic E-state index is 12.2. The van der Waals surface area contributed by atoms with Gasteiger partial charge in [0, 0.05) is 23.3 Å². The molecule has 0 saturated heterocycles. The zero-order valence-electron chi connectivity index (χ0n) is 13.9. The molecule has 2 N–H and O–H groups in total. The molecule has 0 fully saturated rings. The molecule has 3 aromatic rings. The van der Waals surface area contributed by atoms with Crippen molar-refractivity contribution in [3.05, 3.63) is 102 Å². The van der Waals surface area contributed by atoms with Gasteiger partial charge in [-0.05, 0) is 23.6 Å². The van der Waals surface area contributed by atoms with Crippen molar-refractivity contribution in [2.24, 2.45) is 0 Å². The number of amides is 1. The van der Waals surface area contributed by atoms with Gasteiger partial charge in [0.15, 0.2) is 0 Å². The summed E-state index contributed by atoms with van der Waals surface area (Å²) in [5.74, 6) is 0.0320. The molecular formula is C21H21N2O2+. The lowest BCUT2D eigenvalue weighted by Crippen LogP contribution is -2.32. The minimum absolute atomic E-state index is 0.191. The van der Waals surface area contributed by atoms with Crippen molar-refractivity contribution in [1.82, 2.24) is 5.32 Å². The molecule has 1 amide bonds. The summed E-state index contributed by atoms with van der Waals surface area (Å²) in [5.41, 5.74) is 2.90. The Morgan fingerprint density at radius 2 is 1.52 bits per heavy atom. The predicted molar refractivity (Wildman–Crippen MR) is 95.5 cm³/mol. The molecule has 0 atom stereocenters. The van der Waals surface area contributed by atoms with E-state index in [2.05, 4.69) is 29.6 Å². The number of hydrogen-bond donors (Lipinski definition) is 2. The summed E-state index contributed by atoms with van der Waals surface area (Å²) in [5, 5.41) is 12.3. The standard InChI is InChI=1S/C21H20N2O2/c24-21(19-12-7-15-23(25)16-19)22-14-13-20(17-8-3-1-4-9-17)18-10-5-2-6-11-18/h1-12,15-16,20H,13-14H2,(H-,22,24,25)/p+1. The summed E-state index contributed by atoms with van der Waals surface area (Å²) >= 11 is 0. The molecule has 126 valence electrons. The second-order valence-electron chi connectivity index (χ2n) is 5.89. The molecule has 25 heavy (non-hydrogen) atoms. The summed E-state index contributed by atoms with van der Waals surface area (Å²) in [4.78, 5) is 12.2. The third kappa shape index (κ3) is 4.44. The Labute approximate surface area is 147 Å². The van der Waals surface area contributed by atoms with Gasteiger partial charge in [0.1, 0.15) is 5.56 Å². The van der Waals surface area contributed by atoms with E-state index in [0.717, 1.165) is 11.2 Å². The Morgan fingerprint density at radius 3 is 2.08 bits per heavy atom. The van der Waals surface area contributed by atoms with Crippen molar-refractivity contribution in [1.29, 1.82) is 0 Å². The molecule has 0 radical (unpaired) electrons. The van der Waals surface area contributed by atoms with E-state index in [4.69, 9.17) is 0 Å². The molecule has 1 aromatic heterocycles. The molecule has 4 heteroatoms.